The molecular weight excluding hydrogens is 1070 g/mol. The zero-order valence-corrected chi connectivity index (χ0v) is 37.9. The number of nitrogens with one attached hydrogen (secondary N) is 2. The molecule has 2 aliphatic carbocycles. The van der Waals surface area contributed by atoms with Crippen molar-refractivity contribution in [2.45, 2.75) is 117 Å². The fraction of sp³-hybridized carbons (Fsp3) is 1.00. The zero-order valence-electron chi connectivity index (χ0n) is 21.7. The Hall–Kier alpha value is 6.10. The van der Waals surface area contributed by atoms with Gasteiger partial charge in [0.05, 0.1) is 0 Å². The van der Waals surface area contributed by atoms with Crippen LogP contribution >= 0.6 is 56.5 Å². The molecule has 0 aromatic rings. The van der Waals surface area contributed by atoms with Crippen LogP contribution in [-0.4, -0.2) is 105 Å². The normalized spacial score (nSPS) is 26.2. The summed E-state index contributed by atoms with van der Waals surface area (Å²) in [6, 6.07) is 0.340. The van der Waals surface area contributed by atoms with Crippen LogP contribution in [0.25, 0.3) is 11.5 Å². The van der Waals surface area contributed by atoms with Crippen molar-refractivity contribution in [3.05, 3.63) is 11.5 Å². The second-order valence-corrected chi connectivity index (χ2v) is 32.1. The first-order valence-electron chi connectivity index (χ1n) is 11.8. The van der Waals surface area contributed by atoms with E-state index in [0.29, 0.717) is 0 Å². The minimum atomic E-state index is -4.67. The monoisotopic (exact) mass is 1120 g/mol. The van der Waals surface area contributed by atoms with Crippen LogP contribution in [0.2, 0.25) is 0 Å². The Morgan fingerprint density at radius 1 is 0.821 bits per heavy atom. The number of hydrogen-bond acceptors (Lipinski definition) is 4. The molecule has 0 aromatic heterocycles. The third-order valence-electron chi connectivity index (χ3n) is 5.42. The molecule has 8 nitrogen and oxygen atoms in total. The van der Waals surface area contributed by atoms with E-state index in [9.17, 15) is 0 Å². The Morgan fingerprint density at radius 2 is 1.13 bits per heavy atom. The fourth-order valence-electron chi connectivity index (χ4n) is 3.92. The molecule has 0 aliphatic heterocycles. The zero-order chi connectivity index (χ0) is 30.2. The molecule has 39 heavy (non-hydrogen) atoms. The molecule has 19 heteroatoms. The van der Waals surface area contributed by atoms with Crippen LogP contribution in [0.1, 0.15) is 92.9 Å². The van der Waals surface area contributed by atoms with Crippen LogP contribution in [0, 0.1) is 11.8 Å². The molecule has 2 rings (SSSR count). The van der Waals surface area contributed by atoms with E-state index < -0.39 is 38.8 Å². The number of hydrogen-bond donors (Lipinski definition) is 4. The molecule has 2 saturated carbocycles. The minimum absolute atomic E-state index is 0. The summed E-state index contributed by atoms with van der Waals surface area (Å²) in [7, 11) is 25.1. The van der Waals surface area contributed by atoms with E-state index in [4.69, 9.17) is 97.0 Å². The summed E-state index contributed by atoms with van der Waals surface area (Å²) in [5.41, 5.74) is 26.8. The molecule has 6 unspecified atom stereocenters. The van der Waals surface area contributed by atoms with Gasteiger partial charge in [-0.05, 0) is 31.1 Å². The Morgan fingerprint density at radius 3 is 1.41 bits per heavy atom. The predicted octanol–water partition coefficient (Wildman–Crippen LogP) is 8.66. The molecule has 2 fully saturated rings. The quantitative estimate of drug-likeness (QED) is 0.162. The summed E-state index contributed by atoms with van der Waals surface area (Å²) in [6.45, 7) is 4.44. The molecule has 0 aromatic carbocycles. The van der Waals surface area contributed by atoms with Crippen molar-refractivity contribution in [3.63, 3.8) is 0 Å². The molecule has 0 radical (unpaired) electrons. The van der Waals surface area contributed by atoms with Gasteiger partial charge in [0.25, 0.3) is 0 Å². The summed E-state index contributed by atoms with van der Waals surface area (Å²) in [5, 5.41) is 0. The number of halogens is 6. The van der Waals surface area contributed by atoms with Gasteiger partial charge in [-0.15, -0.1) is 0 Å². The summed E-state index contributed by atoms with van der Waals surface area (Å²) in [5.74, 6) is 1.61. The van der Waals surface area contributed by atoms with Gasteiger partial charge in [0.2, 0.25) is 0 Å². The van der Waals surface area contributed by atoms with Gasteiger partial charge < -0.3 is 22.9 Å². The van der Waals surface area contributed by atoms with Crippen LogP contribution < -0.4 is 11.5 Å². The molecule has 0 bridgehead atoms. The van der Waals surface area contributed by atoms with E-state index >= 15 is 0 Å². The van der Waals surface area contributed by atoms with Crippen LogP contribution in [0.15, 0.2) is 0 Å². The van der Waals surface area contributed by atoms with Gasteiger partial charge in [0, 0.05) is 12.1 Å². The molecular formula is C20H48Cl6K2N4O4Pt2S. The van der Waals surface area contributed by atoms with Gasteiger partial charge >= 0.3 is 158 Å². The first-order chi connectivity index (χ1) is 16.9. The third kappa shape index (κ3) is 53.8. The predicted molar refractivity (Wildman–Crippen MR) is 171 cm³/mol. The summed E-state index contributed by atoms with van der Waals surface area (Å²) in [4.78, 5) is 0. The van der Waals surface area contributed by atoms with Crippen LogP contribution in [0.3, 0.4) is 0 Å². The van der Waals surface area contributed by atoms with Crippen molar-refractivity contribution in [1.82, 2.24) is 0 Å². The summed E-state index contributed by atoms with van der Waals surface area (Å²) in [6.07, 6.45) is 11.8. The topological polar surface area (TPSA) is 174 Å². The summed E-state index contributed by atoms with van der Waals surface area (Å²) < 4.78 is 31.6. The maximum atomic E-state index is 8.74. The van der Waals surface area contributed by atoms with Crippen LogP contribution in [-0.2, 0) is 38.8 Å². The Balaban J connectivity index is -0.0000000910. The van der Waals surface area contributed by atoms with Crippen molar-refractivity contribution >= 4 is 130 Å². The Bertz CT molecular complexity index is 571. The van der Waals surface area contributed by atoms with E-state index in [1.54, 1.807) is 0 Å². The first kappa shape index (κ1) is 57.4. The fourth-order valence-corrected chi connectivity index (χ4v) is 3.92. The SMILES string of the molecule is C.C.CCCC1CCC(N)C(N)C1.CCCC1CCC([NH-])C([NH-])C1.O=S(=O)(O)O.[Cl][Pt+2][Cl].[Cl][Pt]([Cl])([Cl])[Cl].[K][K]. The standard InChI is InChI=1S/C9H20N2.C9H18N2.2CH4.6ClH.2K.H2O4S.2Pt/c2*1-2-3-7-4-5-8(10)9(11)6-7;;;;;;;;;;;1-5(2,3)4;;/h7-9H,2-6,10-11H2,1H3;7-11H,2-6H2,1H3;2*1H4;6*1H;;;(H2,1,2,3,4);;/q;-2;;;;;;;;;;;;2*+4/p-6. The molecule has 0 heterocycles. The van der Waals surface area contributed by atoms with Gasteiger partial charge in [0.15, 0.2) is 0 Å². The van der Waals surface area contributed by atoms with Gasteiger partial charge in [-0.1, -0.05) is 73.6 Å². The molecule has 8 N–H and O–H groups in total. The van der Waals surface area contributed by atoms with E-state index in [-0.39, 0.29) is 39.0 Å². The van der Waals surface area contributed by atoms with Gasteiger partial charge in [-0.25, -0.2) is 0 Å². The van der Waals surface area contributed by atoms with Crippen molar-refractivity contribution < 1.29 is 45.9 Å². The van der Waals surface area contributed by atoms with E-state index in [1.165, 1.54) is 102 Å². The van der Waals surface area contributed by atoms with Crippen molar-refractivity contribution in [2.24, 2.45) is 23.3 Å². The Kier molecular flexibility index (Phi) is 54.3. The van der Waals surface area contributed by atoms with E-state index in [1.807, 2.05) is 0 Å². The summed E-state index contributed by atoms with van der Waals surface area (Å²) >= 11 is -1.03. The second kappa shape index (κ2) is 36.9. The van der Waals surface area contributed by atoms with E-state index in [0.717, 1.165) is 37.5 Å². The van der Waals surface area contributed by atoms with Crippen LogP contribution in [0.5, 0.6) is 0 Å². The Labute approximate surface area is 320 Å². The molecule has 0 saturated heterocycles. The molecule has 0 spiro atoms. The van der Waals surface area contributed by atoms with Crippen molar-refractivity contribution in [2.75, 3.05) is 0 Å². The number of rotatable bonds is 4. The molecule has 0 amide bonds. The van der Waals surface area contributed by atoms with Gasteiger partial charge in [-0.2, -0.15) is 20.5 Å². The molecule has 6 atom stereocenters. The average Bonchev–Trinajstić information content (AvgIpc) is 2.74. The van der Waals surface area contributed by atoms with Gasteiger partial charge in [0.1, 0.15) is 0 Å². The van der Waals surface area contributed by atoms with E-state index in [2.05, 4.69) is 13.8 Å². The first-order valence-corrected chi connectivity index (χ1v) is 46.1. The average molecular weight is 1120 g/mol. The van der Waals surface area contributed by atoms with Gasteiger partial charge in [-0.3, -0.25) is 9.11 Å². The maximum absolute atomic E-state index is 8.74. The molecule has 2 aliphatic rings. The van der Waals surface area contributed by atoms with Crippen molar-refractivity contribution in [3.8, 4) is 0 Å². The van der Waals surface area contributed by atoms with Crippen LogP contribution in [0.4, 0.5) is 0 Å². The van der Waals surface area contributed by atoms with Crippen molar-refractivity contribution in [1.29, 1.82) is 0 Å². The molecule has 242 valence electrons. The number of nitrogens with two attached hydrogens (primary N) is 2. The second-order valence-electron chi connectivity index (χ2n) is 8.24. The third-order valence-corrected chi connectivity index (χ3v) is 5.42.